The predicted molar refractivity (Wildman–Crippen MR) is 143 cm³/mol. The van der Waals surface area contributed by atoms with Crippen LogP contribution in [0.3, 0.4) is 0 Å². The van der Waals surface area contributed by atoms with Gasteiger partial charge in [-0.1, -0.05) is 60.7 Å². The van der Waals surface area contributed by atoms with Gasteiger partial charge in [-0.3, -0.25) is 14.6 Å². The number of rotatable bonds is 8. The molecule has 1 aliphatic heterocycles. The van der Waals surface area contributed by atoms with E-state index in [-0.39, 0.29) is 18.1 Å². The van der Waals surface area contributed by atoms with Gasteiger partial charge in [0.2, 0.25) is 5.91 Å². The third kappa shape index (κ3) is 5.47. The van der Waals surface area contributed by atoms with Gasteiger partial charge in [0.25, 0.3) is 0 Å². The number of aliphatic imine (C=N–C) groups is 1. The number of carbonyl (C=O) groups is 2. The lowest BCUT2D eigenvalue weighted by atomic mass is 10.00. The van der Waals surface area contributed by atoms with Gasteiger partial charge in [0.1, 0.15) is 18.0 Å². The van der Waals surface area contributed by atoms with E-state index in [9.17, 15) is 9.59 Å². The summed E-state index contributed by atoms with van der Waals surface area (Å²) in [6, 6.07) is 23.3. The molecule has 4 rings (SSSR count). The van der Waals surface area contributed by atoms with Crippen LogP contribution < -0.4 is 20.7 Å². The van der Waals surface area contributed by atoms with Gasteiger partial charge in [-0.15, -0.1) is 0 Å². The Morgan fingerprint density at radius 1 is 1.03 bits per heavy atom. The van der Waals surface area contributed by atoms with E-state index >= 15 is 0 Å². The first-order chi connectivity index (χ1) is 17.4. The van der Waals surface area contributed by atoms with Crippen LogP contribution in [0.4, 0.5) is 5.69 Å². The van der Waals surface area contributed by atoms with Crippen LogP contribution in [0.25, 0.3) is 0 Å². The molecule has 3 aromatic carbocycles. The highest BCUT2D eigenvalue weighted by Crippen LogP contribution is 2.29. The SMILES string of the molecule is CCOc1ccc(CC(=O)NC(C)C(=O)C2N=C(c3ccccc3)c3ccccc3N(C)[C@@H]2N)cc1. The lowest BCUT2D eigenvalue weighted by molar-refractivity contribution is -0.127. The summed E-state index contributed by atoms with van der Waals surface area (Å²) < 4.78 is 5.45. The van der Waals surface area contributed by atoms with Gasteiger partial charge in [-0.2, -0.15) is 0 Å². The highest BCUT2D eigenvalue weighted by atomic mass is 16.5. The smallest absolute Gasteiger partial charge is 0.224 e. The molecule has 0 aromatic heterocycles. The number of hydrogen-bond acceptors (Lipinski definition) is 6. The second-order valence-corrected chi connectivity index (χ2v) is 8.85. The molecule has 3 atom stereocenters. The summed E-state index contributed by atoms with van der Waals surface area (Å²) in [6.07, 6.45) is -0.532. The van der Waals surface area contributed by atoms with Gasteiger partial charge in [-0.25, -0.2) is 0 Å². The second-order valence-electron chi connectivity index (χ2n) is 8.85. The standard InChI is InChI=1S/C29H32N4O3/c1-4-36-22-16-14-20(15-17-22)18-25(34)31-19(2)28(35)27-29(30)33(3)24-13-9-8-12-23(24)26(32-27)21-10-6-5-7-11-21/h5-17,19,27,29H,4,18,30H2,1-3H3,(H,31,34)/t19?,27?,29-/m0/s1. The molecule has 0 radical (unpaired) electrons. The fourth-order valence-electron chi connectivity index (χ4n) is 4.37. The van der Waals surface area contributed by atoms with E-state index in [0.717, 1.165) is 28.1 Å². The van der Waals surface area contributed by atoms with Crippen molar-refractivity contribution in [1.82, 2.24) is 5.32 Å². The minimum absolute atomic E-state index is 0.157. The molecule has 0 saturated heterocycles. The number of ketones is 1. The summed E-state index contributed by atoms with van der Waals surface area (Å²) in [5.74, 6) is 0.270. The lowest BCUT2D eigenvalue weighted by Gasteiger charge is -2.30. The third-order valence-electron chi connectivity index (χ3n) is 6.32. The minimum atomic E-state index is -0.863. The zero-order valence-electron chi connectivity index (χ0n) is 20.8. The summed E-state index contributed by atoms with van der Waals surface area (Å²) in [5.41, 5.74) is 10.8. The zero-order valence-corrected chi connectivity index (χ0v) is 20.8. The van der Waals surface area contributed by atoms with Crippen molar-refractivity contribution >= 4 is 23.1 Å². The Hall–Kier alpha value is -3.97. The molecular weight excluding hydrogens is 452 g/mol. The van der Waals surface area contributed by atoms with Crippen molar-refractivity contribution in [2.75, 3.05) is 18.6 Å². The van der Waals surface area contributed by atoms with Gasteiger partial charge < -0.3 is 20.7 Å². The van der Waals surface area contributed by atoms with E-state index in [2.05, 4.69) is 5.32 Å². The number of benzene rings is 3. The number of nitrogens with zero attached hydrogens (tertiary/aromatic N) is 2. The summed E-state index contributed by atoms with van der Waals surface area (Å²) in [4.78, 5) is 33.1. The number of likely N-dealkylation sites (N-methyl/N-ethyl adjacent to an activating group) is 1. The van der Waals surface area contributed by atoms with Crippen molar-refractivity contribution in [2.45, 2.75) is 38.5 Å². The fraction of sp³-hybridized carbons (Fsp3) is 0.276. The Kier molecular flexibility index (Phi) is 7.80. The number of ether oxygens (including phenoxy) is 1. The van der Waals surface area contributed by atoms with Crippen molar-refractivity contribution in [3.8, 4) is 5.75 Å². The number of carbonyl (C=O) groups excluding carboxylic acids is 2. The fourth-order valence-corrected chi connectivity index (χ4v) is 4.37. The van der Waals surface area contributed by atoms with E-state index in [1.54, 1.807) is 6.92 Å². The van der Waals surface area contributed by atoms with E-state index in [1.165, 1.54) is 0 Å². The molecule has 186 valence electrons. The summed E-state index contributed by atoms with van der Waals surface area (Å²) in [5, 5.41) is 2.83. The molecule has 0 spiro atoms. The maximum atomic E-state index is 13.6. The first-order valence-corrected chi connectivity index (χ1v) is 12.1. The lowest BCUT2D eigenvalue weighted by Crippen LogP contribution is -2.55. The molecule has 7 heteroatoms. The monoisotopic (exact) mass is 484 g/mol. The van der Waals surface area contributed by atoms with Crippen LogP contribution in [0.5, 0.6) is 5.75 Å². The predicted octanol–water partition coefficient (Wildman–Crippen LogP) is 3.34. The Balaban J connectivity index is 1.55. The molecule has 1 aliphatic rings. The topological polar surface area (TPSA) is 97.0 Å². The number of benzodiazepines with no additional fused rings is 1. The second kappa shape index (κ2) is 11.2. The number of Topliss-reactive ketones (excluding diaryl/α,β-unsaturated/α-hetero) is 1. The number of fused-ring (bicyclic) bond motifs is 1. The van der Waals surface area contributed by atoms with Crippen molar-refractivity contribution in [3.05, 3.63) is 95.6 Å². The molecule has 0 aliphatic carbocycles. The average molecular weight is 485 g/mol. The van der Waals surface area contributed by atoms with Gasteiger partial charge in [-0.05, 0) is 37.6 Å². The molecule has 1 amide bonds. The maximum Gasteiger partial charge on any atom is 0.224 e. The highest BCUT2D eigenvalue weighted by Gasteiger charge is 2.36. The van der Waals surface area contributed by atoms with Gasteiger partial charge >= 0.3 is 0 Å². The number of para-hydroxylation sites is 1. The molecule has 0 saturated carbocycles. The Morgan fingerprint density at radius 2 is 1.69 bits per heavy atom. The molecule has 0 bridgehead atoms. The van der Waals surface area contributed by atoms with Crippen LogP contribution in [0, 0.1) is 0 Å². The number of nitrogens with two attached hydrogens (primary N) is 1. The normalized spacial score (nSPS) is 17.9. The van der Waals surface area contributed by atoms with E-state index < -0.39 is 18.2 Å². The van der Waals surface area contributed by atoms with Crippen LogP contribution in [0.1, 0.15) is 30.5 Å². The van der Waals surface area contributed by atoms with Crippen molar-refractivity contribution in [3.63, 3.8) is 0 Å². The minimum Gasteiger partial charge on any atom is -0.494 e. The van der Waals surface area contributed by atoms with Crippen LogP contribution in [0.15, 0.2) is 83.9 Å². The summed E-state index contributed by atoms with van der Waals surface area (Å²) in [7, 11) is 1.86. The quantitative estimate of drug-likeness (QED) is 0.511. The molecule has 36 heavy (non-hydrogen) atoms. The van der Waals surface area contributed by atoms with E-state index in [1.807, 2.05) is 97.7 Å². The molecule has 3 N–H and O–H groups in total. The van der Waals surface area contributed by atoms with E-state index in [0.29, 0.717) is 12.3 Å². The van der Waals surface area contributed by atoms with Gasteiger partial charge in [0.15, 0.2) is 5.78 Å². The molecule has 2 unspecified atom stereocenters. The van der Waals surface area contributed by atoms with Gasteiger partial charge in [0.05, 0.1) is 24.8 Å². The summed E-state index contributed by atoms with van der Waals surface area (Å²) >= 11 is 0. The average Bonchev–Trinajstić information content (AvgIpc) is 3.00. The zero-order chi connectivity index (χ0) is 25.7. The number of nitrogens with one attached hydrogen (secondary N) is 1. The molecule has 7 nitrogen and oxygen atoms in total. The molecule has 3 aromatic rings. The third-order valence-corrected chi connectivity index (χ3v) is 6.32. The van der Waals surface area contributed by atoms with Crippen molar-refractivity contribution in [1.29, 1.82) is 0 Å². The largest absolute Gasteiger partial charge is 0.494 e. The van der Waals surface area contributed by atoms with Crippen LogP contribution >= 0.6 is 0 Å². The Labute approximate surface area is 212 Å². The maximum absolute atomic E-state index is 13.6. The van der Waals surface area contributed by atoms with Gasteiger partial charge in [0, 0.05) is 23.9 Å². The van der Waals surface area contributed by atoms with Crippen molar-refractivity contribution < 1.29 is 14.3 Å². The first-order valence-electron chi connectivity index (χ1n) is 12.1. The molecule has 1 heterocycles. The first kappa shape index (κ1) is 25.1. The van der Waals surface area contributed by atoms with Crippen LogP contribution in [0.2, 0.25) is 0 Å². The Morgan fingerprint density at radius 3 is 2.39 bits per heavy atom. The van der Waals surface area contributed by atoms with Crippen LogP contribution in [-0.2, 0) is 16.0 Å². The van der Waals surface area contributed by atoms with Crippen molar-refractivity contribution in [2.24, 2.45) is 10.7 Å². The summed E-state index contributed by atoms with van der Waals surface area (Å²) in [6.45, 7) is 4.18. The highest BCUT2D eigenvalue weighted by molar-refractivity contribution is 6.17. The molecular formula is C29H32N4O3. The molecule has 0 fully saturated rings. The van der Waals surface area contributed by atoms with Crippen LogP contribution in [-0.4, -0.2) is 49.3 Å². The number of amides is 1. The number of hydrogen-bond donors (Lipinski definition) is 2. The number of anilines is 1. The Bertz CT molecular complexity index is 1240. The van der Waals surface area contributed by atoms with E-state index in [4.69, 9.17) is 15.5 Å².